The summed E-state index contributed by atoms with van der Waals surface area (Å²) in [5.41, 5.74) is 1.76. The van der Waals surface area contributed by atoms with E-state index in [1.54, 1.807) is 17.0 Å². The molecule has 2 saturated heterocycles. The second kappa shape index (κ2) is 6.89. The lowest BCUT2D eigenvalue weighted by molar-refractivity contribution is 0.380. The van der Waals surface area contributed by atoms with Crippen molar-refractivity contribution in [3.63, 3.8) is 0 Å². The predicted molar refractivity (Wildman–Crippen MR) is 111 cm³/mol. The van der Waals surface area contributed by atoms with Crippen LogP contribution in [0.4, 0.5) is 5.69 Å². The molecule has 0 unspecified atom stereocenters. The zero-order valence-electron chi connectivity index (χ0n) is 16.5. The van der Waals surface area contributed by atoms with Gasteiger partial charge < -0.3 is 4.74 Å². The normalized spacial score (nSPS) is 23.0. The van der Waals surface area contributed by atoms with Gasteiger partial charge in [0.1, 0.15) is 5.69 Å². The van der Waals surface area contributed by atoms with Crippen molar-refractivity contribution in [3.8, 4) is 11.6 Å². The largest absolute Gasteiger partial charge is 0.436 e. The minimum absolute atomic E-state index is 0.0287. The average Bonchev–Trinajstić information content (AvgIpc) is 3.39. The molecule has 0 saturated carbocycles. The quantitative estimate of drug-likeness (QED) is 0.605. The molecule has 30 heavy (non-hydrogen) atoms. The fourth-order valence-corrected chi connectivity index (χ4v) is 7.40. The number of hydrogen-bond donors (Lipinski definition) is 0. The molecule has 5 rings (SSSR count). The molecule has 0 N–H and O–H groups in total. The van der Waals surface area contributed by atoms with Crippen molar-refractivity contribution in [2.45, 2.75) is 37.1 Å². The van der Waals surface area contributed by atoms with Crippen molar-refractivity contribution in [2.24, 2.45) is 4.99 Å². The summed E-state index contributed by atoms with van der Waals surface area (Å²) >= 11 is 0. The van der Waals surface area contributed by atoms with Crippen LogP contribution in [0.5, 0.6) is 11.6 Å². The van der Waals surface area contributed by atoms with Crippen molar-refractivity contribution in [2.75, 3.05) is 24.6 Å². The Morgan fingerprint density at radius 1 is 1.20 bits per heavy atom. The number of hydrogen-bond acceptors (Lipinski definition) is 7. The van der Waals surface area contributed by atoms with Gasteiger partial charge >= 0.3 is 0 Å². The van der Waals surface area contributed by atoms with Crippen LogP contribution in [0, 0.1) is 6.92 Å². The monoisotopic (exact) mass is 450 g/mol. The van der Waals surface area contributed by atoms with Gasteiger partial charge in [-0.05, 0) is 44.4 Å². The second-order valence-corrected chi connectivity index (χ2v) is 12.1. The van der Waals surface area contributed by atoms with Crippen molar-refractivity contribution < 1.29 is 21.6 Å². The van der Waals surface area contributed by atoms with E-state index in [9.17, 15) is 16.8 Å². The highest BCUT2D eigenvalue weighted by Gasteiger charge is 2.34. The maximum absolute atomic E-state index is 12.9. The molecule has 1 aromatic heterocycles. The topological polar surface area (TPSA) is 111 Å². The summed E-state index contributed by atoms with van der Waals surface area (Å²) in [6, 6.07) is 4.37. The van der Waals surface area contributed by atoms with E-state index < -0.39 is 19.9 Å². The van der Waals surface area contributed by atoms with E-state index >= 15 is 0 Å². The Morgan fingerprint density at radius 2 is 1.97 bits per heavy atom. The number of aliphatic imine (C=N–C) groups is 1. The highest BCUT2D eigenvalue weighted by atomic mass is 32.2. The minimum atomic E-state index is -3.56. The van der Waals surface area contributed by atoms with Crippen LogP contribution in [-0.2, 0) is 19.9 Å². The summed E-state index contributed by atoms with van der Waals surface area (Å²) in [6.45, 7) is 2.88. The lowest BCUT2D eigenvalue weighted by Gasteiger charge is -2.17. The van der Waals surface area contributed by atoms with Crippen LogP contribution >= 0.6 is 0 Å². The standard InChI is InChI=1S/C19H22N4O5S2/c1-13-16-11-20-17-10-15(30(26,27)22-7-2-3-8-22)4-5-18(17)28-19(16)23(21-13)14-6-9-29(24,25)12-14/h4-5,10-11,14H,2-3,6-9,12H2,1H3/t14-/m1/s1. The van der Waals surface area contributed by atoms with Gasteiger partial charge in [-0.2, -0.15) is 9.40 Å². The van der Waals surface area contributed by atoms with Gasteiger partial charge in [-0.1, -0.05) is 0 Å². The summed E-state index contributed by atoms with van der Waals surface area (Å²) in [4.78, 5) is 4.64. The molecule has 3 aliphatic rings. The number of fused-ring (bicyclic) bond motifs is 2. The van der Waals surface area contributed by atoms with Crippen molar-refractivity contribution in [1.29, 1.82) is 0 Å². The van der Waals surface area contributed by atoms with E-state index in [2.05, 4.69) is 10.1 Å². The van der Waals surface area contributed by atoms with Crippen molar-refractivity contribution in [3.05, 3.63) is 29.5 Å². The Kier molecular flexibility index (Phi) is 4.53. The van der Waals surface area contributed by atoms with E-state index in [0.29, 0.717) is 48.1 Å². The maximum atomic E-state index is 12.9. The van der Waals surface area contributed by atoms with Gasteiger partial charge in [0.2, 0.25) is 15.9 Å². The first-order valence-electron chi connectivity index (χ1n) is 9.90. The fourth-order valence-electron chi connectivity index (χ4n) is 4.17. The molecule has 1 atom stereocenters. The SMILES string of the molecule is Cc1nn([C@@H]2CCS(=O)(=O)C2)c2c1C=Nc1cc(S(=O)(=O)N3CCCC3)ccc1O2. The molecule has 0 spiro atoms. The molecular weight excluding hydrogens is 428 g/mol. The number of rotatable bonds is 3. The Balaban J connectivity index is 1.52. The fraction of sp³-hybridized carbons (Fsp3) is 0.474. The van der Waals surface area contributed by atoms with Crippen molar-refractivity contribution >= 4 is 31.8 Å². The number of aromatic nitrogens is 2. The van der Waals surface area contributed by atoms with Gasteiger partial charge in [0.15, 0.2) is 15.6 Å². The van der Waals surface area contributed by atoms with E-state index in [1.165, 1.54) is 16.4 Å². The molecule has 0 amide bonds. The Morgan fingerprint density at radius 3 is 2.67 bits per heavy atom. The van der Waals surface area contributed by atoms with E-state index in [0.717, 1.165) is 12.8 Å². The highest BCUT2D eigenvalue weighted by Crippen LogP contribution is 2.41. The minimum Gasteiger partial charge on any atom is -0.436 e. The Hall–Kier alpha value is -2.24. The third-order valence-electron chi connectivity index (χ3n) is 5.81. The number of ether oxygens (including phenoxy) is 1. The van der Waals surface area contributed by atoms with E-state index in [1.807, 2.05) is 6.92 Å². The summed E-state index contributed by atoms with van der Waals surface area (Å²) in [6.07, 6.45) is 3.83. The second-order valence-electron chi connectivity index (χ2n) is 7.91. The zero-order chi connectivity index (χ0) is 21.1. The summed E-state index contributed by atoms with van der Waals surface area (Å²) in [5, 5.41) is 4.50. The molecule has 9 nitrogen and oxygen atoms in total. The molecule has 0 bridgehead atoms. The number of aryl methyl sites for hydroxylation is 1. The predicted octanol–water partition coefficient (Wildman–Crippen LogP) is 2.19. The first-order valence-corrected chi connectivity index (χ1v) is 13.2. The van der Waals surface area contributed by atoms with Gasteiger partial charge in [-0.25, -0.2) is 21.5 Å². The summed E-state index contributed by atoms with van der Waals surface area (Å²) in [7, 11) is -6.64. The van der Waals surface area contributed by atoms with Gasteiger partial charge in [-0.3, -0.25) is 4.99 Å². The smallest absolute Gasteiger partial charge is 0.243 e. The van der Waals surface area contributed by atoms with E-state index in [4.69, 9.17) is 4.74 Å². The first-order chi connectivity index (χ1) is 14.2. The lowest BCUT2D eigenvalue weighted by atomic mass is 10.2. The maximum Gasteiger partial charge on any atom is 0.243 e. The van der Waals surface area contributed by atoms with Gasteiger partial charge in [0.25, 0.3) is 0 Å². The van der Waals surface area contributed by atoms with Crippen LogP contribution in [0.15, 0.2) is 28.1 Å². The van der Waals surface area contributed by atoms with Crippen LogP contribution in [-0.4, -0.2) is 61.7 Å². The molecule has 1 aromatic carbocycles. The molecule has 160 valence electrons. The van der Waals surface area contributed by atoms with Crippen LogP contribution in [0.25, 0.3) is 0 Å². The van der Waals surface area contributed by atoms with Crippen molar-refractivity contribution in [1.82, 2.24) is 14.1 Å². The van der Waals surface area contributed by atoms with Crippen LogP contribution in [0.2, 0.25) is 0 Å². The first kappa shape index (κ1) is 19.7. The number of benzene rings is 1. The molecule has 3 aliphatic heterocycles. The molecule has 11 heteroatoms. The van der Waals surface area contributed by atoms with Gasteiger partial charge in [0, 0.05) is 19.3 Å². The third-order valence-corrected chi connectivity index (χ3v) is 9.46. The third kappa shape index (κ3) is 3.25. The summed E-state index contributed by atoms with van der Waals surface area (Å²) < 4.78 is 58.8. The molecular formula is C19H22N4O5S2. The molecule has 4 heterocycles. The average molecular weight is 451 g/mol. The number of sulfonamides is 1. The Labute approximate surface area is 175 Å². The van der Waals surface area contributed by atoms with E-state index in [-0.39, 0.29) is 22.4 Å². The molecule has 0 aliphatic carbocycles. The van der Waals surface area contributed by atoms with Crippen LogP contribution in [0.3, 0.4) is 0 Å². The van der Waals surface area contributed by atoms with Crippen LogP contribution < -0.4 is 4.74 Å². The molecule has 2 fully saturated rings. The number of nitrogens with zero attached hydrogens (tertiary/aromatic N) is 4. The molecule has 2 aromatic rings. The van der Waals surface area contributed by atoms with Crippen LogP contribution in [0.1, 0.15) is 36.6 Å². The number of sulfone groups is 1. The molecule has 0 radical (unpaired) electrons. The lowest BCUT2D eigenvalue weighted by Crippen LogP contribution is -2.27. The summed E-state index contributed by atoms with van der Waals surface area (Å²) in [5.74, 6) is 1.01. The van der Waals surface area contributed by atoms with Gasteiger partial charge in [-0.15, -0.1) is 0 Å². The Bertz CT molecular complexity index is 1260. The zero-order valence-corrected chi connectivity index (χ0v) is 18.1. The highest BCUT2D eigenvalue weighted by molar-refractivity contribution is 7.91. The van der Waals surface area contributed by atoms with Gasteiger partial charge in [0.05, 0.1) is 33.7 Å².